The van der Waals surface area contributed by atoms with E-state index in [1.54, 1.807) is 37.3 Å². The van der Waals surface area contributed by atoms with Crippen molar-refractivity contribution in [1.29, 1.82) is 0 Å². The van der Waals surface area contributed by atoms with Gasteiger partial charge in [-0.15, -0.1) is 11.3 Å². The summed E-state index contributed by atoms with van der Waals surface area (Å²) in [6.07, 6.45) is 0.275. The predicted molar refractivity (Wildman–Crippen MR) is 127 cm³/mol. The minimum atomic E-state index is -0.370. The van der Waals surface area contributed by atoms with Crippen LogP contribution in [0.3, 0.4) is 0 Å². The molecule has 1 amide bonds. The van der Waals surface area contributed by atoms with Crippen molar-refractivity contribution in [3.05, 3.63) is 88.7 Å². The number of hydrogen-bond acceptors (Lipinski definition) is 5. The first-order chi connectivity index (χ1) is 16.0. The Labute approximate surface area is 192 Å². The molecule has 0 saturated heterocycles. The smallest absolute Gasteiger partial charge is 0.251 e. The maximum absolute atomic E-state index is 13.4. The van der Waals surface area contributed by atoms with Gasteiger partial charge in [0.2, 0.25) is 0 Å². The molecular weight excluding hydrogens is 439 g/mol. The fourth-order valence-electron chi connectivity index (χ4n) is 3.75. The molecule has 33 heavy (non-hydrogen) atoms. The summed E-state index contributed by atoms with van der Waals surface area (Å²) in [5, 5.41) is 4.28. The zero-order valence-electron chi connectivity index (χ0n) is 17.7. The van der Waals surface area contributed by atoms with E-state index in [9.17, 15) is 14.0 Å². The van der Waals surface area contributed by atoms with Crippen LogP contribution in [0.2, 0.25) is 0 Å². The molecule has 0 aliphatic rings. The lowest BCUT2D eigenvalue weighted by Gasteiger charge is -2.04. The molecule has 7 heteroatoms. The standard InChI is InChI=1S/C26H19FN2O3S/c1-2-20(30)24-18-13-16(9-12-21(18)32-25(24)15-7-10-17(27)11-8-15)26(31)28-14-23-29-19-5-3-4-6-22(19)33-23/h3-13H,2,14H2,1H3,(H,28,31). The highest BCUT2D eigenvalue weighted by atomic mass is 32.1. The van der Waals surface area contributed by atoms with Crippen molar-refractivity contribution in [2.24, 2.45) is 0 Å². The molecule has 0 aliphatic carbocycles. The van der Waals surface area contributed by atoms with E-state index in [4.69, 9.17) is 4.42 Å². The topological polar surface area (TPSA) is 72.2 Å². The first-order valence-corrected chi connectivity index (χ1v) is 11.3. The van der Waals surface area contributed by atoms with Crippen LogP contribution in [0.25, 0.3) is 32.5 Å². The monoisotopic (exact) mass is 458 g/mol. The number of fused-ring (bicyclic) bond motifs is 2. The zero-order valence-corrected chi connectivity index (χ0v) is 18.5. The predicted octanol–water partition coefficient (Wildman–Crippen LogP) is 6.37. The quantitative estimate of drug-likeness (QED) is 0.300. The maximum atomic E-state index is 13.4. The second-order valence-corrected chi connectivity index (χ2v) is 8.67. The van der Waals surface area contributed by atoms with Crippen LogP contribution < -0.4 is 5.32 Å². The molecule has 5 aromatic rings. The van der Waals surface area contributed by atoms with E-state index in [2.05, 4.69) is 10.3 Å². The van der Waals surface area contributed by atoms with Crippen LogP contribution in [0.15, 0.2) is 71.1 Å². The number of furan rings is 1. The summed E-state index contributed by atoms with van der Waals surface area (Å²) >= 11 is 1.54. The molecule has 3 aromatic carbocycles. The average Bonchev–Trinajstić information content (AvgIpc) is 3.43. The Morgan fingerprint density at radius 3 is 2.61 bits per heavy atom. The van der Waals surface area contributed by atoms with Crippen molar-refractivity contribution in [3.63, 3.8) is 0 Å². The maximum Gasteiger partial charge on any atom is 0.251 e. The molecule has 164 valence electrons. The number of Topliss-reactive ketones (excluding diaryl/α,β-unsaturated/α-hetero) is 1. The Balaban J connectivity index is 1.46. The van der Waals surface area contributed by atoms with E-state index in [1.165, 1.54) is 23.5 Å². The van der Waals surface area contributed by atoms with Gasteiger partial charge in [0.05, 0.1) is 22.3 Å². The number of ketones is 1. The lowest BCUT2D eigenvalue weighted by molar-refractivity contribution is 0.0949. The minimum Gasteiger partial charge on any atom is -0.455 e. The summed E-state index contributed by atoms with van der Waals surface area (Å²) in [7, 11) is 0. The number of amides is 1. The molecule has 5 rings (SSSR count). The van der Waals surface area contributed by atoms with Crippen LogP contribution in [0.5, 0.6) is 0 Å². The first kappa shape index (κ1) is 21.0. The summed E-state index contributed by atoms with van der Waals surface area (Å²) in [4.78, 5) is 30.2. The minimum absolute atomic E-state index is 0.111. The molecule has 0 unspecified atom stereocenters. The van der Waals surface area contributed by atoms with Gasteiger partial charge in [-0.3, -0.25) is 9.59 Å². The molecule has 5 nitrogen and oxygen atoms in total. The van der Waals surface area contributed by atoms with Crippen molar-refractivity contribution < 1.29 is 18.4 Å². The second-order valence-electron chi connectivity index (χ2n) is 7.56. The number of rotatable bonds is 6. The third-order valence-corrected chi connectivity index (χ3v) is 6.43. The number of nitrogens with zero attached hydrogens (tertiary/aromatic N) is 1. The fourth-order valence-corrected chi connectivity index (χ4v) is 4.66. The van der Waals surface area contributed by atoms with Crippen molar-refractivity contribution in [3.8, 4) is 11.3 Å². The molecule has 0 aliphatic heterocycles. The number of thiazole rings is 1. The van der Waals surface area contributed by atoms with Crippen LogP contribution in [0, 0.1) is 5.82 Å². The van der Waals surface area contributed by atoms with Crippen molar-refractivity contribution in [2.45, 2.75) is 19.9 Å². The molecule has 0 saturated carbocycles. The summed E-state index contributed by atoms with van der Waals surface area (Å²) in [6, 6.07) is 18.6. The van der Waals surface area contributed by atoms with Crippen LogP contribution in [-0.4, -0.2) is 16.7 Å². The van der Waals surface area contributed by atoms with E-state index < -0.39 is 0 Å². The van der Waals surface area contributed by atoms with E-state index in [-0.39, 0.29) is 23.9 Å². The summed E-state index contributed by atoms with van der Waals surface area (Å²) in [5.41, 5.74) is 2.82. The third-order valence-electron chi connectivity index (χ3n) is 5.39. The Hall–Kier alpha value is -3.84. The highest BCUT2D eigenvalue weighted by Crippen LogP contribution is 2.35. The number of carbonyl (C=O) groups excluding carboxylic acids is 2. The van der Waals surface area contributed by atoms with Crippen LogP contribution in [-0.2, 0) is 6.54 Å². The highest BCUT2D eigenvalue weighted by molar-refractivity contribution is 7.18. The van der Waals surface area contributed by atoms with Gasteiger partial charge in [-0.05, 0) is 54.6 Å². The number of nitrogens with one attached hydrogen (secondary N) is 1. The molecule has 2 heterocycles. The van der Waals surface area contributed by atoms with E-state index >= 15 is 0 Å². The molecular formula is C26H19FN2O3S. The molecule has 1 N–H and O–H groups in total. The highest BCUT2D eigenvalue weighted by Gasteiger charge is 2.22. The molecule has 0 bridgehead atoms. The van der Waals surface area contributed by atoms with Crippen molar-refractivity contribution in [2.75, 3.05) is 0 Å². The Morgan fingerprint density at radius 2 is 1.85 bits per heavy atom. The van der Waals surface area contributed by atoms with Crippen molar-refractivity contribution >= 4 is 44.2 Å². The third kappa shape index (κ3) is 4.03. The second kappa shape index (κ2) is 8.60. The molecule has 0 fully saturated rings. The number of benzene rings is 3. The number of para-hydroxylation sites is 1. The Morgan fingerprint density at radius 1 is 1.06 bits per heavy atom. The molecule has 0 radical (unpaired) electrons. The van der Waals surface area contributed by atoms with Crippen LogP contribution in [0.4, 0.5) is 4.39 Å². The Kier molecular flexibility index (Phi) is 5.48. The van der Waals surface area contributed by atoms with Gasteiger partial charge in [0, 0.05) is 22.9 Å². The summed E-state index contributed by atoms with van der Waals surface area (Å²) in [6.45, 7) is 2.08. The van der Waals surface area contributed by atoms with Gasteiger partial charge < -0.3 is 9.73 Å². The van der Waals surface area contributed by atoms with Gasteiger partial charge in [0.25, 0.3) is 5.91 Å². The van der Waals surface area contributed by atoms with Gasteiger partial charge in [0.1, 0.15) is 22.2 Å². The van der Waals surface area contributed by atoms with Gasteiger partial charge in [-0.1, -0.05) is 19.1 Å². The molecule has 0 atom stereocenters. The van der Waals surface area contributed by atoms with Gasteiger partial charge in [-0.25, -0.2) is 9.37 Å². The fraction of sp³-hybridized carbons (Fsp3) is 0.115. The number of halogens is 1. The largest absolute Gasteiger partial charge is 0.455 e. The lowest BCUT2D eigenvalue weighted by atomic mass is 9.99. The van der Waals surface area contributed by atoms with Crippen LogP contribution >= 0.6 is 11.3 Å². The Bertz CT molecular complexity index is 1470. The van der Waals surface area contributed by atoms with E-state index in [0.29, 0.717) is 40.0 Å². The lowest BCUT2D eigenvalue weighted by Crippen LogP contribution is -2.22. The van der Waals surface area contributed by atoms with E-state index in [1.807, 2.05) is 24.3 Å². The molecule has 0 spiro atoms. The number of aromatic nitrogens is 1. The number of hydrogen-bond donors (Lipinski definition) is 1. The first-order valence-electron chi connectivity index (χ1n) is 10.5. The van der Waals surface area contributed by atoms with Gasteiger partial charge in [-0.2, -0.15) is 0 Å². The zero-order chi connectivity index (χ0) is 22.9. The number of carbonyl (C=O) groups is 2. The average molecular weight is 459 g/mol. The van der Waals surface area contributed by atoms with E-state index in [0.717, 1.165) is 15.2 Å². The van der Waals surface area contributed by atoms with Gasteiger partial charge >= 0.3 is 0 Å². The summed E-state index contributed by atoms with van der Waals surface area (Å²) in [5.74, 6) is -0.370. The normalized spacial score (nSPS) is 11.2. The van der Waals surface area contributed by atoms with Gasteiger partial charge in [0.15, 0.2) is 5.78 Å². The SMILES string of the molecule is CCC(=O)c1c(-c2ccc(F)cc2)oc2ccc(C(=O)NCc3nc4ccccc4s3)cc12. The molecule has 2 aromatic heterocycles. The van der Waals surface area contributed by atoms with Crippen LogP contribution in [0.1, 0.15) is 39.1 Å². The summed E-state index contributed by atoms with van der Waals surface area (Å²) < 4.78 is 20.4. The van der Waals surface area contributed by atoms with Crippen molar-refractivity contribution in [1.82, 2.24) is 10.3 Å².